The number of aromatic nitrogens is 1. The van der Waals surface area contributed by atoms with Crippen molar-refractivity contribution >= 4 is 27.5 Å². The molecule has 1 N–H and O–H groups in total. The van der Waals surface area contributed by atoms with Crippen LogP contribution in [0.15, 0.2) is 34.9 Å². The van der Waals surface area contributed by atoms with Gasteiger partial charge in [-0.15, -0.1) is 0 Å². The molecule has 0 aliphatic rings. The van der Waals surface area contributed by atoms with E-state index in [9.17, 15) is 0 Å². The highest BCUT2D eigenvalue weighted by Gasteiger charge is 2.08. The second-order valence-corrected chi connectivity index (χ2v) is 5.73. The fraction of sp³-hybridized carbons (Fsp3) is 0.267. The van der Waals surface area contributed by atoms with Gasteiger partial charge in [0.25, 0.3) is 0 Å². The van der Waals surface area contributed by atoms with E-state index in [1.807, 2.05) is 31.2 Å². The molecule has 20 heavy (non-hydrogen) atoms. The van der Waals surface area contributed by atoms with E-state index >= 15 is 0 Å². The highest BCUT2D eigenvalue weighted by atomic mass is 79.9. The maximum absolute atomic E-state index is 6.02. The molecule has 5 heteroatoms. The number of aryl methyl sites for hydroxylation is 1. The monoisotopic (exact) mass is 354 g/mol. The molecule has 1 heterocycles. The van der Waals surface area contributed by atoms with Crippen LogP contribution in [-0.4, -0.2) is 11.5 Å². The van der Waals surface area contributed by atoms with Gasteiger partial charge in [0.1, 0.15) is 5.75 Å². The van der Waals surface area contributed by atoms with E-state index in [2.05, 4.69) is 33.2 Å². The van der Waals surface area contributed by atoms with Gasteiger partial charge >= 0.3 is 0 Å². The van der Waals surface area contributed by atoms with Gasteiger partial charge in [-0.25, -0.2) is 4.98 Å². The van der Waals surface area contributed by atoms with Crippen LogP contribution in [0.2, 0.25) is 5.02 Å². The van der Waals surface area contributed by atoms with Crippen LogP contribution in [-0.2, 0) is 6.54 Å². The number of pyridine rings is 1. The van der Waals surface area contributed by atoms with E-state index in [1.54, 1.807) is 6.20 Å². The number of hydrogen-bond acceptors (Lipinski definition) is 3. The second-order valence-electron chi connectivity index (χ2n) is 4.41. The minimum absolute atomic E-state index is 0.607. The van der Waals surface area contributed by atoms with Crippen molar-refractivity contribution in [1.29, 1.82) is 0 Å². The summed E-state index contributed by atoms with van der Waals surface area (Å²) in [4.78, 5) is 4.34. The molecule has 0 saturated carbocycles. The van der Waals surface area contributed by atoms with Gasteiger partial charge in [0.15, 0.2) is 0 Å². The smallest absolute Gasteiger partial charge is 0.223 e. The predicted molar refractivity (Wildman–Crippen MR) is 85.6 cm³/mol. The largest absolute Gasteiger partial charge is 0.439 e. The molecular weight excluding hydrogens is 340 g/mol. The Hall–Kier alpha value is -1.10. The van der Waals surface area contributed by atoms with Crippen LogP contribution >= 0.6 is 27.5 Å². The van der Waals surface area contributed by atoms with E-state index in [0.717, 1.165) is 32.9 Å². The first-order valence-corrected chi connectivity index (χ1v) is 7.56. The van der Waals surface area contributed by atoms with Gasteiger partial charge in [-0.3, -0.25) is 0 Å². The fourth-order valence-corrected chi connectivity index (χ4v) is 2.24. The molecule has 0 atom stereocenters. The van der Waals surface area contributed by atoms with Crippen molar-refractivity contribution in [1.82, 2.24) is 10.3 Å². The molecule has 0 saturated heterocycles. The van der Waals surface area contributed by atoms with Crippen molar-refractivity contribution in [2.45, 2.75) is 20.4 Å². The van der Waals surface area contributed by atoms with E-state index < -0.39 is 0 Å². The molecule has 2 rings (SSSR count). The maximum atomic E-state index is 6.02. The molecule has 0 aliphatic carbocycles. The van der Waals surface area contributed by atoms with Crippen LogP contribution in [0, 0.1) is 6.92 Å². The summed E-state index contributed by atoms with van der Waals surface area (Å²) in [6.45, 7) is 5.62. The Labute approximate surface area is 132 Å². The highest BCUT2D eigenvalue weighted by molar-refractivity contribution is 9.10. The molecule has 3 nitrogen and oxygen atoms in total. The number of halogens is 2. The summed E-state index contributed by atoms with van der Waals surface area (Å²) in [5.41, 5.74) is 1.99. The van der Waals surface area contributed by atoms with Crippen LogP contribution < -0.4 is 10.1 Å². The Kier molecular flexibility index (Phi) is 5.40. The molecule has 0 bridgehead atoms. The third-order valence-corrected chi connectivity index (χ3v) is 3.66. The first-order chi connectivity index (χ1) is 9.60. The van der Waals surface area contributed by atoms with Gasteiger partial charge in [0.05, 0.1) is 0 Å². The normalized spacial score (nSPS) is 10.6. The van der Waals surface area contributed by atoms with Crippen molar-refractivity contribution in [2.75, 3.05) is 6.54 Å². The topological polar surface area (TPSA) is 34.2 Å². The SMILES string of the molecule is CCNCc1cc(Br)cnc1Oc1ccc(Cl)c(C)c1. The fourth-order valence-electron chi connectivity index (χ4n) is 1.74. The molecule has 0 fully saturated rings. The molecule has 2 aromatic rings. The lowest BCUT2D eigenvalue weighted by Crippen LogP contribution is -2.13. The first-order valence-electron chi connectivity index (χ1n) is 6.39. The van der Waals surface area contributed by atoms with Crippen molar-refractivity contribution < 1.29 is 4.74 Å². The minimum Gasteiger partial charge on any atom is -0.439 e. The minimum atomic E-state index is 0.607. The van der Waals surface area contributed by atoms with Crippen molar-refractivity contribution in [3.05, 3.63) is 51.1 Å². The summed E-state index contributed by atoms with van der Waals surface area (Å²) in [5.74, 6) is 1.34. The average Bonchev–Trinajstić information content (AvgIpc) is 2.43. The van der Waals surface area contributed by atoms with E-state index in [4.69, 9.17) is 16.3 Å². The molecule has 106 valence electrons. The van der Waals surface area contributed by atoms with Gasteiger partial charge < -0.3 is 10.1 Å². The zero-order chi connectivity index (χ0) is 14.5. The third-order valence-electron chi connectivity index (χ3n) is 2.80. The number of ether oxygens (including phenoxy) is 1. The Morgan fingerprint density at radius 1 is 1.35 bits per heavy atom. The summed E-state index contributed by atoms with van der Waals surface area (Å²) in [6, 6.07) is 7.59. The third kappa shape index (κ3) is 3.95. The summed E-state index contributed by atoms with van der Waals surface area (Å²) in [5, 5.41) is 4.01. The molecule has 0 aliphatic heterocycles. The number of nitrogens with zero attached hydrogens (tertiary/aromatic N) is 1. The lowest BCUT2D eigenvalue weighted by Gasteiger charge is -2.11. The predicted octanol–water partition coefficient (Wildman–Crippen LogP) is 4.71. The van der Waals surface area contributed by atoms with Gasteiger partial charge in [0.2, 0.25) is 5.88 Å². The second kappa shape index (κ2) is 7.07. The summed E-state index contributed by atoms with van der Waals surface area (Å²) in [7, 11) is 0. The molecule has 1 aromatic carbocycles. The Balaban J connectivity index is 2.25. The molecular formula is C15H16BrClN2O. The molecule has 1 aromatic heterocycles. The zero-order valence-electron chi connectivity index (χ0n) is 11.4. The number of hydrogen-bond donors (Lipinski definition) is 1. The number of rotatable bonds is 5. The molecule has 0 spiro atoms. The van der Waals surface area contributed by atoms with Crippen LogP contribution in [0.4, 0.5) is 0 Å². The van der Waals surface area contributed by atoms with E-state index in [-0.39, 0.29) is 0 Å². The highest BCUT2D eigenvalue weighted by Crippen LogP contribution is 2.28. The lowest BCUT2D eigenvalue weighted by atomic mass is 10.2. The van der Waals surface area contributed by atoms with E-state index in [0.29, 0.717) is 12.4 Å². The molecule has 0 radical (unpaired) electrons. The van der Waals surface area contributed by atoms with Crippen LogP contribution in [0.1, 0.15) is 18.1 Å². The maximum Gasteiger partial charge on any atom is 0.223 e. The van der Waals surface area contributed by atoms with Gasteiger partial charge in [0, 0.05) is 27.8 Å². The summed E-state index contributed by atoms with van der Waals surface area (Å²) in [6.07, 6.45) is 1.73. The van der Waals surface area contributed by atoms with Gasteiger partial charge in [-0.05, 0) is 59.2 Å². The summed E-state index contributed by atoms with van der Waals surface area (Å²) < 4.78 is 6.80. The first kappa shape index (κ1) is 15.3. The molecule has 0 unspecified atom stereocenters. The lowest BCUT2D eigenvalue weighted by molar-refractivity contribution is 0.453. The van der Waals surface area contributed by atoms with Crippen molar-refractivity contribution in [2.24, 2.45) is 0 Å². The quantitative estimate of drug-likeness (QED) is 0.843. The number of benzene rings is 1. The van der Waals surface area contributed by atoms with Crippen LogP contribution in [0.25, 0.3) is 0 Å². The van der Waals surface area contributed by atoms with Crippen LogP contribution in [0.3, 0.4) is 0 Å². The van der Waals surface area contributed by atoms with Crippen molar-refractivity contribution in [3.8, 4) is 11.6 Å². The Bertz CT molecular complexity index is 604. The van der Waals surface area contributed by atoms with Gasteiger partial charge in [-0.1, -0.05) is 18.5 Å². The summed E-state index contributed by atoms with van der Waals surface area (Å²) >= 11 is 9.45. The van der Waals surface area contributed by atoms with Gasteiger partial charge in [-0.2, -0.15) is 0 Å². The Morgan fingerprint density at radius 2 is 2.15 bits per heavy atom. The number of nitrogens with one attached hydrogen (secondary N) is 1. The van der Waals surface area contributed by atoms with Crippen LogP contribution in [0.5, 0.6) is 11.6 Å². The Morgan fingerprint density at radius 3 is 2.85 bits per heavy atom. The average molecular weight is 356 g/mol. The van der Waals surface area contributed by atoms with Crippen molar-refractivity contribution in [3.63, 3.8) is 0 Å². The zero-order valence-corrected chi connectivity index (χ0v) is 13.8. The van der Waals surface area contributed by atoms with E-state index in [1.165, 1.54) is 0 Å². The standard InChI is InChI=1S/C15H16BrClN2O/c1-3-18-8-11-7-12(16)9-19-15(11)20-13-4-5-14(17)10(2)6-13/h4-7,9,18H,3,8H2,1-2H3. The molecule has 0 amide bonds.